The van der Waals surface area contributed by atoms with Crippen LogP contribution in [0, 0.1) is 25.2 Å². The molecule has 6 heteroatoms. The number of nitriles is 1. The Morgan fingerprint density at radius 2 is 2.00 bits per heavy atom. The van der Waals surface area contributed by atoms with Crippen molar-refractivity contribution in [3.8, 4) is 17.6 Å². The Bertz CT molecular complexity index is 965. The largest absolute Gasteiger partial charge is 0.493 e. The normalized spacial score (nSPS) is 11.0. The Labute approximate surface area is 164 Å². The minimum atomic E-state index is -0.341. The second-order valence-electron chi connectivity index (χ2n) is 5.92. The summed E-state index contributed by atoms with van der Waals surface area (Å²) in [5.41, 5.74) is 2.81. The number of halogens is 1. The first-order chi connectivity index (χ1) is 12.9. The topological polar surface area (TPSA) is 64.2 Å². The smallest absolute Gasteiger partial charge is 0.205 e. The van der Waals surface area contributed by atoms with E-state index in [9.17, 15) is 10.1 Å². The average molecular weight is 385 g/mol. The monoisotopic (exact) mass is 384 g/mol. The van der Waals surface area contributed by atoms with Gasteiger partial charge in [0.05, 0.1) is 19.2 Å². The van der Waals surface area contributed by atoms with Crippen molar-refractivity contribution in [1.29, 1.82) is 5.26 Å². The number of hydrogen-bond acceptors (Lipinski definition) is 4. The van der Waals surface area contributed by atoms with Gasteiger partial charge >= 0.3 is 0 Å². The first-order valence-corrected chi connectivity index (χ1v) is 8.61. The first-order valence-electron chi connectivity index (χ1n) is 8.23. The maximum Gasteiger partial charge on any atom is 0.205 e. The van der Waals surface area contributed by atoms with Crippen LogP contribution in [0.5, 0.6) is 11.5 Å². The van der Waals surface area contributed by atoms with Crippen molar-refractivity contribution in [2.45, 2.75) is 20.4 Å². The molecule has 27 heavy (non-hydrogen) atoms. The minimum Gasteiger partial charge on any atom is -0.493 e. The van der Waals surface area contributed by atoms with Crippen molar-refractivity contribution in [3.05, 3.63) is 64.0 Å². The summed E-state index contributed by atoms with van der Waals surface area (Å²) in [5.74, 6) is 0.478. The van der Waals surface area contributed by atoms with Crippen molar-refractivity contribution in [2.75, 3.05) is 14.2 Å². The summed E-state index contributed by atoms with van der Waals surface area (Å²) in [7, 11) is 2.98. The number of nitrogens with zero attached hydrogens (tertiary/aromatic N) is 2. The molecule has 0 aliphatic heterocycles. The number of hydrogen-bond donors (Lipinski definition) is 0. The summed E-state index contributed by atoms with van der Waals surface area (Å²) in [6, 6.07) is 7.06. The van der Waals surface area contributed by atoms with Gasteiger partial charge in [-0.3, -0.25) is 4.79 Å². The van der Waals surface area contributed by atoms with Crippen LogP contribution in [0.25, 0.3) is 6.08 Å². The molecule has 0 atom stereocenters. The van der Waals surface area contributed by atoms with Crippen molar-refractivity contribution >= 4 is 23.5 Å². The summed E-state index contributed by atoms with van der Waals surface area (Å²) >= 11 is 6.21. The highest BCUT2D eigenvalue weighted by Gasteiger charge is 2.19. The molecule has 0 saturated heterocycles. The van der Waals surface area contributed by atoms with Crippen LogP contribution in [0.15, 0.2) is 36.4 Å². The lowest BCUT2D eigenvalue weighted by Gasteiger charge is -2.10. The third kappa shape index (κ3) is 4.07. The van der Waals surface area contributed by atoms with E-state index in [4.69, 9.17) is 21.1 Å². The highest BCUT2D eigenvalue weighted by atomic mass is 35.5. The Balaban J connectivity index is 2.50. The quantitative estimate of drug-likeness (QED) is 0.299. The number of benzene rings is 1. The third-order valence-electron chi connectivity index (χ3n) is 4.26. The lowest BCUT2D eigenvalue weighted by molar-refractivity contribution is 0.103. The molecule has 0 aliphatic rings. The molecule has 5 nitrogen and oxygen atoms in total. The number of methoxy groups -OCH3 is 2. The van der Waals surface area contributed by atoms with Crippen molar-refractivity contribution < 1.29 is 14.3 Å². The van der Waals surface area contributed by atoms with Crippen LogP contribution >= 0.6 is 11.6 Å². The molecule has 1 heterocycles. The summed E-state index contributed by atoms with van der Waals surface area (Å²) in [6.45, 7) is 8.10. The van der Waals surface area contributed by atoms with E-state index in [1.807, 2.05) is 24.5 Å². The number of carbonyl (C=O) groups is 1. The molecule has 1 aromatic carbocycles. The molecule has 0 bridgehead atoms. The first kappa shape index (κ1) is 20.3. The Kier molecular flexibility index (Phi) is 6.49. The Morgan fingerprint density at radius 1 is 1.30 bits per heavy atom. The number of Topliss-reactive ketones (excluding diaryl/α,β-unsaturated/α-hetero) is 1. The predicted octanol–water partition coefficient (Wildman–Crippen LogP) is 4.75. The maximum absolute atomic E-state index is 12.9. The van der Waals surface area contributed by atoms with Crippen molar-refractivity contribution in [1.82, 2.24) is 4.57 Å². The van der Waals surface area contributed by atoms with E-state index < -0.39 is 0 Å². The number of ketones is 1. The van der Waals surface area contributed by atoms with Gasteiger partial charge in [0, 0.05) is 23.5 Å². The lowest BCUT2D eigenvalue weighted by atomic mass is 10.0. The second-order valence-corrected chi connectivity index (χ2v) is 6.33. The van der Waals surface area contributed by atoms with Gasteiger partial charge in [-0.1, -0.05) is 17.7 Å². The predicted molar refractivity (Wildman–Crippen MR) is 107 cm³/mol. The molecule has 0 fully saturated rings. The molecular formula is C21H21ClN2O3. The van der Waals surface area contributed by atoms with Crippen LogP contribution in [0.2, 0.25) is 5.02 Å². The van der Waals surface area contributed by atoms with E-state index in [0.29, 0.717) is 34.2 Å². The number of aryl methyl sites for hydroxylation is 1. The average Bonchev–Trinajstić information content (AvgIpc) is 2.93. The number of allylic oxidation sites excluding steroid dienone is 2. The fourth-order valence-electron chi connectivity index (χ4n) is 2.92. The molecule has 0 amide bonds. The zero-order chi connectivity index (χ0) is 20.1. The minimum absolute atomic E-state index is 0.0112. The SMILES string of the molecule is C=CCn1c(C)cc(C(=O)/C(C#N)=C/c2cc(Cl)c(OC)c(OC)c2)c1C. The van der Waals surface area contributed by atoms with E-state index >= 15 is 0 Å². The maximum atomic E-state index is 12.9. The second kappa shape index (κ2) is 8.61. The highest BCUT2D eigenvalue weighted by Crippen LogP contribution is 2.36. The zero-order valence-corrected chi connectivity index (χ0v) is 16.6. The number of rotatable bonds is 7. The van der Waals surface area contributed by atoms with Gasteiger partial charge in [-0.25, -0.2) is 0 Å². The summed E-state index contributed by atoms with van der Waals surface area (Å²) in [4.78, 5) is 12.9. The van der Waals surface area contributed by atoms with Crippen LogP contribution in [0.4, 0.5) is 0 Å². The molecule has 1 aromatic heterocycles. The molecular weight excluding hydrogens is 364 g/mol. The summed E-state index contributed by atoms with van der Waals surface area (Å²) < 4.78 is 12.4. The fraction of sp³-hybridized carbons (Fsp3) is 0.238. The summed E-state index contributed by atoms with van der Waals surface area (Å²) in [6.07, 6.45) is 3.26. The van der Waals surface area contributed by atoms with Gasteiger partial charge in [0.1, 0.15) is 11.6 Å². The van der Waals surface area contributed by atoms with Gasteiger partial charge in [0.2, 0.25) is 5.78 Å². The van der Waals surface area contributed by atoms with Gasteiger partial charge in [-0.15, -0.1) is 6.58 Å². The molecule has 0 aliphatic carbocycles. The molecule has 0 spiro atoms. The van der Waals surface area contributed by atoms with E-state index in [0.717, 1.165) is 11.4 Å². The molecule has 0 unspecified atom stereocenters. The van der Waals surface area contributed by atoms with Gasteiger partial charge in [0.15, 0.2) is 11.5 Å². The Hall–Kier alpha value is -2.97. The standard InChI is InChI=1S/C21H21ClN2O3/c1-6-7-24-13(2)8-17(14(24)3)20(25)16(12-23)9-15-10-18(22)21(27-5)19(11-15)26-4/h6,8-11H,1,7H2,2-5H3/b16-9+. The van der Waals surface area contributed by atoms with Gasteiger partial charge in [-0.2, -0.15) is 5.26 Å². The van der Waals surface area contributed by atoms with E-state index in [-0.39, 0.29) is 11.4 Å². The van der Waals surface area contributed by atoms with Gasteiger partial charge < -0.3 is 14.0 Å². The van der Waals surface area contributed by atoms with E-state index in [1.54, 1.807) is 24.3 Å². The third-order valence-corrected chi connectivity index (χ3v) is 4.54. The summed E-state index contributed by atoms with van der Waals surface area (Å²) in [5, 5.41) is 9.87. The van der Waals surface area contributed by atoms with Gasteiger partial charge in [0.25, 0.3) is 0 Å². The molecule has 2 aromatic rings. The zero-order valence-electron chi connectivity index (χ0n) is 15.8. The lowest BCUT2D eigenvalue weighted by Crippen LogP contribution is -2.06. The van der Waals surface area contributed by atoms with E-state index in [1.165, 1.54) is 20.3 Å². The molecule has 2 rings (SSSR count). The van der Waals surface area contributed by atoms with Crippen LogP contribution < -0.4 is 9.47 Å². The molecule has 0 N–H and O–H groups in total. The molecule has 140 valence electrons. The van der Waals surface area contributed by atoms with Gasteiger partial charge in [-0.05, 0) is 43.7 Å². The van der Waals surface area contributed by atoms with Crippen LogP contribution in [0.1, 0.15) is 27.3 Å². The number of carbonyl (C=O) groups excluding carboxylic acids is 1. The van der Waals surface area contributed by atoms with Crippen LogP contribution in [-0.4, -0.2) is 24.6 Å². The van der Waals surface area contributed by atoms with Crippen LogP contribution in [0.3, 0.4) is 0 Å². The van der Waals surface area contributed by atoms with Crippen LogP contribution in [-0.2, 0) is 6.54 Å². The van der Waals surface area contributed by atoms with E-state index in [2.05, 4.69) is 6.58 Å². The molecule has 0 saturated carbocycles. The van der Waals surface area contributed by atoms with Crippen molar-refractivity contribution in [3.63, 3.8) is 0 Å². The Morgan fingerprint density at radius 3 is 2.56 bits per heavy atom. The molecule has 0 radical (unpaired) electrons. The van der Waals surface area contributed by atoms with Crippen molar-refractivity contribution in [2.24, 2.45) is 0 Å². The number of aromatic nitrogens is 1. The fourth-order valence-corrected chi connectivity index (χ4v) is 3.22. The highest BCUT2D eigenvalue weighted by molar-refractivity contribution is 6.32. The number of ether oxygens (including phenoxy) is 2.